The Bertz CT molecular complexity index is 1480. The molecule has 0 saturated heterocycles. The summed E-state index contributed by atoms with van der Waals surface area (Å²) in [6.07, 6.45) is 0.414. The van der Waals surface area contributed by atoms with E-state index >= 15 is 0 Å². The lowest BCUT2D eigenvalue weighted by atomic mass is 10.1. The number of urea groups is 1. The lowest BCUT2D eigenvalue weighted by Gasteiger charge is -2.13. The highest BCUT2D eigenvalue weighted by Gasteiger charge is 2.23. The van der Waals surface area contributed by atoms with Crippen LogP contribution in [-0.4, -0.2) is 27.5 Å². The van der Waals surface area contributed by atoms with E-state index in [0.29, 0.717) is 51.3 Å². The molecule has 4 aromatic rings. The number of sulfonamides is 1. The molecule has 0 spiro atoms. The van der Waals surface area contributed by atoms with Gasteiger partial charge in [0.2, 0.25) is 0 Å². The second kappa shape index (κ2) is 12.4. The first-order valence-electron chi connectivity index (χ1n) is 11.2. The third-order valence-corrected chi connectivity index (χ3v) is 8.60. The number of halogens is 2. The molecule has 192 valence electrons. The zero-order valence-corrected chi connectivity index (χ0v) is 22.6. The van der Waals surface area contributed by atoms with Crippen LogP contribution in [0.1, 0.15) is 6.42 Å². The number of anilines is 1. The maximum absolute atomic E-state index is 13.1. The molecule has 0 unspecified atom stereocenters. The van der Waals surface area contributed by atoms with Crippen molar-refractivity contribution >= 4 is 56.3 Å². The number of para-hydroxylation sites is 2. The number of carbonyl (C=O) groups is 1. The van der Waals surface area contributed by atoms with E-state index in [1.165, 1.54) is 0 Å². The zero-order valence-electron chi connectivity index (χ0n) is 19.4. The fourth-order valence-corrected chi connectivity index (χ4v) is 6.36. The molecule has 0 atom stereocenters. The second-order valence-corrected chi connectivity index (χ2v) is 11.5. The third-order valence-electron chi connectivity index (χ3n) is 5.13. The molecule has 0 aliphatic heterocycles. The maximum atomic E-state index is 13.1. The average Bonchev–Trinajstić information content (AvgIpc) is 3.37. The highest BCUT2D eigenvalue weighted by Crippen LogP contribution is 2.40. The van der Waals surface area contributed by atoms with Crippen LogP contribution in [0.4, 0.5) is 10.5 Å². The summed E-state index contributed by atoms with van der Waals surface area (Å²) in [5, 5.41) is 7.96. The monoisotopic (exact) mass is 575 g/mol. The van der Waals surface area contributed by atoms with E-state index in [2.05, 4.69) is 15.4 Å². The van der Waals surface area contributed by atoms with Gasteiger partial charge in [-0.2, -0.15) is 0 Å². The Morgan fingerprint density at radius 2 is 1.62 bits per heavy atom. The number of nitrogens with one attached hydrogen (secondary N) is 3. The van der Waals surface area contributed by atoms with Gasteiger partial charge in [0.25, 0.3) is 10.0 Å². The summed E-state index contributed by atoms with van der Waals surface area (Å²) in [4.78, 5) is 12.0. The van der Waals surface area contributed by atoms with Gasteiger partial charge in [-0.05, 0) is 54.3 Å². The van der Waals surface area contributed by atoms with Crippen LogP contribution in [0.15, 0.2) is 88.5 Å². The van der Waals surface area contributed by atoms with E-state index in [4.69, 9.17) is 27.9 Å². The van der Waals surface area contributed by atoms with Crippen LogP contribution in [-0.2, 0) is 10.0 Å². The Kier molecular flexibility index (Phi) is 9.07. The van der Waals surface area contributed by atoms with Crippen LogP contribution in [0.2, 0.25) is 10.0 Å². The van der Waals surface area contributed by atoms with Crippen molar-refractivity contribution in [2.24, 2.45) is 0 Å². The van der Waals surface area contributed by atoms with Crippen molar-refractivity contribution in [1.82, 2.24) is 10.0 Å². The van der Waals surface area contributed by atoms with E-state index in [1.54, 1.807) is 66.0 Å². The maximum Gasteiger partial charge on any atom is 0.319 e. The molecule has 0 radical (unpaired) electrons. The largest absolute Gasteiger partial charge is 0.455 e. The molecule has 0 fully saturated rings. The SMILES string of the molecule is O=C(NCCCNS(=O)(=O)c1sccc1-c1ccccc1Oc1ccc(Cl)cc1Cl)Nc1ccccc1. The predicted molar refractivity (Wildman–Crippen MR) is 150 cm³/mol. The minimum absolute atomic E-state index is 0.157. The van der Waals surface area contributed by atoms with E-state index in [1.807, 2.05) is 18.2 Å². The molecule has 11 heteroatoms. The van der Waals surface area contributed by atoms with Crippen molar-refractivity contribution in [3.63, 3.8) is 0 Å². The lowest BCUT2D eigenvalue weighted by Crippen LogP contribution is -2.32. The Balaban J connectivity index is 1.39. The summed E-state index contributed by atoms with van der Waals surface area (Å²) in [7, 11) is -3.81. The van der Waals surface area contributed by atoms with Crippen molar-refractivity contribution in [1.29, 1.82) is 0 Å². The molecule has 37 heavy (non-hydrogen) atoms. The fourth-order valence-electron chi connectivity index (χ4n) is 3.42. The van der Waals surface area contributed by atoms with Crippen LogP contribution in [0.25, 0.3) is 11.1 Å². The Morgan fingerprint density at radius 1 is 0.865 bits per heavy atom. The van der Waals surface area contributed by atoms with E-state index in [0.717, 1.165) is 11.3 Å². The molecule has 4 rings (SSSR count). The summed E-state index contributed by atoms with van der Waals surface area (Å²) in [5.74, 6) is 0.857. The topological polar surface area (TPSA) is 96.5 Å². The molecular formula is C26H23Cl2N3O4S2. The number of amides is 2. The molecule has 3 aromatic carbocycles. The van der Waals surface area contributed by atoms with Crippen LogP contribution >= 0.6 is 34.5 Å². The highest BCUT2D eigenvalue weighted by atomic mass is 35.5. The predicted octanol–water partition coefficient (Wildman–Crippen LogP) is 7.00. The van der Waals surface area contributed by atoms with Gasteiger partial charge in [-0.1, -0.05) is 59.6 Å². The van der Waals surface area contributed by atoms with E-state index in [9.17, 15) is 13.2 Å². The molecule has 2 amide bonds. The Hall–Kier alpha value is -3.08. The lowest BCUT2D eigenvalue weighted by molar-refractivity contribution is 0.252. The minimum Gasteiger partial charge on any atom is -0.455 e. The van der Waals surface area contributed by atoms with Crippen molar-refractivity contribution < 1.29 is 17.9 Å². The molecule has 0 aliphatic rings. The molecule has 0 aliphatic carbocycles. The highest BCUT2D eigenvalue weighted by molar-refractivity contribution is 7.91. The number of thiophene rings is 1. The number of rotatable bonds is 10. The van der Waals surface area contributed by atoms with Gasteiger partial charge < -0.3 is 15.4 Å². The van der Waals surface area contributed by atoms with Crippen LogP contribution < -0.4 is 20.1 Å². The van der Waals surface area contributed by atoms with Crippen molar-refractivity contribution in [2.45, 2.75) is 10.6 Å². The molecule has 1 aromatic heterocycles. The first-order chi connectivity index (χ1) is 17.8. The third kappa shape index (κ3) is 7.24. The molecule has 0 bridgehead atoms. The van der Waals surface area contributed by atoms with Gasteiger partial charge in [0, 0.05) is 34.9 Å². The number of ether oxygens (including phenoxy) is 1. The average molecular weight is 577 g/mol. The Labute approximate surface area is 229 Å². The number of hydrogen-bond donors (Lipinski definition) is 3. The summed E-state index contributed by atoms with van der Waals surface area (Å²) >= 11 is 13.3. The van der Waals surface area contributed by atoms with Gasteiger partial charge >= 0.3 is 6.03 Å². The number of hydrogen-bond acceptors (Lipinski definition) is 5. The van der Waals surface area contributed by atoms with Gasteiger partial charge in [-0.3, -0.25) is 0 Å². The summed E-state index contributed by atoms with van der Waals surface area (Å²) in [6, 6.07) is 22.5. The normalized spacial score (nSPS) is 11.2. The van der Waals surface area contributed by atoms with Gasteiger partial charge in [-0.25, -0.2) is 17.9 Å². The first-order valence-corrected chi connectivity index (χ1v) is 14.3. The summed E-state index contributed by atoms with van der Waals surface area (Å²) in [6.45, 7) is 0.459. The summed E-state index contributed by atoms with van der Waals surface area (Å²) in [5.41, 5.74) is 1.79. The van der Waals surface area contributed by atoms with Crippen molar-refractivity contribution in [3.05, 3.63) is 94.3 Å². The van der Waals surface area contributed by atoms with E-state index < -0.39 is 10.0 Å². The second-order valence-electron chi connectivity index (χ2n) is 7.79. The summed E-state index contributed by atoms with van der Waals surface area (Å²) < 4.78 is 35.0. The molecule has 3 N–H and O–H groups in total. The smallest absolute Gasteiger partial charge is 0.319 e. The van der Waals surface area contributed by atoms with Gasteiger partial charge in [-0.15, -0.1) is 11.3 Å². The molecule has 0 saturated carbocycles. The van der Waals surface area contributed by atoms with Crippen molar-refractivity contribution in [2.75, 3.05) is 18.4 Å². The molecule has 1 heterocycles. The van der Waals surface area contributed by atoms with Gasteiger partial charge in [0.05, 0.1) is 5.02 Å². The van der Waals surface area contributed by atoms with Crippen LogP contribution in [0.5, 0.6) is 11.5 Å². The number of carbonyl (C=O) groups excluding carboxylic acids is 1. The van der Waals surface area contributed by atoms with E-state index in [-0.39, 0.29) is 16.8 Å². The van der Waals surface area contributed by atoms with Crippen LogP contribution in [0.3, 0.4) is 0 Å². The van der Waals surface area contributed by atoms with Gasteiger partial charge in [0.1, 0.15) is 15.7 Å². The molecule has 7 nitrogen and oxygen atoms in total. The van der Waals surface area contributed by atoms with Crippen LogP contribution in [0, 0.1) is 0 Å². The minimum atomic E-state index is -3.81. The quantitative estimate of drug-likeness (QED) is 0.177. The fraction of sp³-hybridized carbons (Fsp3) is 0.115. The Morgan fingerprint density at radius 3 is 2.41 bits per heavy atom. The van der Waals surface area contributed by atoms with Crippen molar-refractivity contribution in [3.8, 4) is 22.6 Å². The first kappa shape index (κ1) is 27.0. The number of benzene rings is 3. The standard InChI is InChI=1S/C26H23Cl2N3O4S2/c27-18-11-12-24(22(28)17-18)35-23-10-5-4-9-20(23)21-13-16-36-25(21)37(33,34)30-15-6-14-29-26(32)31-19-7-2-1-3-8-19/h1-5,7-13,16-17,30H,6,14-15H2,(H2,29,31,32). The zero-order chi connectivity index (χ0) is 26.3. The van der Waals surface area contributed by atoms with Gasteiger partial charge in [0.15, 0.2) is 0 Å². The molecular weight excluding hydrogens is 553 g/mol.